The molecular weight excluding hydrogens is 350 g/mol. The van der Waals surface area contributed by atoms with Gasteiger partial charge in [-0.15, -0.1) is 5.11 Å². The third-order valence-electron chi connectivity index (χ3n) is 4.97. The lowest BCUT2D eigenvalue weighted by atomic mass is 10.0. The lowest BCUT2D eigenvalue weighted by Crippen LogP contribution is -2.51. The van der Waals surface area contributed by atoms with Crippen LogP contribution in [0.3, 0.4) is 0 Å². The largest absolute Gasteiger partial charge is 0.467 e. The van der Waals surface area contributed by atoms with Gasteiger partial charge in [-0.25, -0.2) is 9.59 Å². The molecule has 2 aliphatic rings. The van der Waals surface area contributed by atoms with Gasteiger partial charge in [0.2, 0.25) is 0 Å². The van der Waals surface area contributed by atoms with Gasteiger partial charge < -0.3 is 14.4 Å². The van der Waals surface area contributed by atoms with Crippen LogP contribution >= 0.6 is 0 Å². The predicted molar refractivity (Wildman–Crippen MR) is 98.3 cm³/mol. The van der Waals surface area contributed by atoms with Gasteiger partial charge in [-0.05, 0) is 12.1 Å². The number of esters is 2. The van der Waals surface area contributed by atoms with Crippen LogP contribution in [0.4, 0.5) is 5.69 Å². The minimum Gasteiger partial charge on any atom is -0.467 e. The lowest BCUT2D eigenvalue weighted by Gasteiger charge is -2.36. The number of carbonyl (C=O) groups excluding carboxylic acids is 2. The zero-order valence-corrected chi connectivity index (χ0v) is 15.7. The monoisotopic (exact) mass is 375 g/mol. The average molecular weight is 375 g/mol. The number of hydrogen-bond donors (Lipinski definition) is 0. The summed E-state index contributed by atoms with van der Waals surface area (Å²) in [4.78, 5) is 28.8. The van der Waals surface area contributed by atoms with Gasteiger partial charge in [-0.3, -0.25) is 9.91 Å². The number of ether oxygens (including phenoxy) is 2. The van der Waals surface area contributed by atoms with Crippen molar-refractivity contribution in [2.45, 2.75) is 5.54 Å². The first-order valence-corrected chi connectivity index (χ1v) is 8.96. The number of para-hydroxylation sites is 1. The summed E-state index contributed by atoms with van der Waals surface area (Å²) in [5.74, 6) is -1.51. The zero-order chi connectivity index (χ0) is 19.3. The van der Waals surface area contributed by atoms with Crippen molar-refractivity contribution in [1.82, 2.24) is 9.91 Å². The van der Waals surface area contributed by atoms with Gasteiger partial charge in [-0.2, -0.15) is 0 Å². The second kappa shape index (κ2) is 8.34. The number of methoxy groups -OCH3 is 2. The molecule has 9 nitrogen and oxygen atoms in total. The molecule has 0 spiro atoms. The second-order valence-corrected chi connectivity index (χ2v) is 6.59. The van der Waals surface area contributed by atoms with Crippen molar-refractivity contribution >= 4 is 17.6 Å². The minimum absolute atomic E-state index is 0.0380. The fourth-order valence-corrected chi connectivity index (χ4v) is 3.35. The minimum atomic E-state index is -1.71. The van der Waals surface area contributed by atoms with E-state index in [1.165, 1.54) is 19.9 Å². The Hall–Kier alpha value is -2.68. The molecule has 0 saturated carbocycles. The Labute approximate surface area is 158 Å². The molecular formula is C18H25N5O4. The van der Waals surface area contributed by atoms with Crippen molar-refractivity contribution in [1.29, 1.82) is 0 Å². The number of nitrogens with zero attached hydrogens (tertiary/aromatic N) is 5. The predicted octanol–water partition coefficient (Wildman–Crippen LogP) is 0.576. The Morgan fingerprint density at radius 1 is 1.00 bits per heavy atom. The summed E-state index contributed by atoms with van der Waals surface area (Å²) in [6.45, 7) is 5.19. The summed E-state index contributed by atoms with van der Waals surface area (Å²) < 4.78 is 9.44. The molecule has 0 atom stereocenters. The van der Waals surface area contributed by atoms with Crippen molar-refractivity contribution < 1.29 is 19.1 Å². The summed E-state index contributed by atoms with van der Waals surface area (Å²) in [5, 5.41) is 9.50. The molecule has 0 aliphatic carbocycles. The highest BCUT2D eigenvalue weighted by Gasteiger charge is 2.54. The van der Waals surface area contributed by atoms with E-state index >= 15 is 0 Å². The summed E-state index contributed by atoms with van der Waals surface area (Å²) >= 11 is 0. The first-order valence-electron chi connectivity index (χ1n) is 8.96. The Balaban J connectivity index is 1.48. The SMILES string of the molecule is COC(=O)C1(C(=O)OC)CN(CCN2CCN(c3ccccc3)CC2)N=N1. The fourth-order valence-electron chi connectivity index (χ4n) is 3.35. The van der Waals surface area contributed by atoms with E-state index in [4.69, 9.17) is 9.47 Å². The van der Waals surface area contributed by atoms with Crippen LogP contribution in [-0.2, 0) is 19.1 Å². The molecule has 2 aliphatic heterocycles. The summed E-state index contributed by atoms with van der Waals surface area (Å²) in [7, 11) is 2.44. The van der Waals surface area contributed by atoms with Crippen LogP contribution in [0.5, 0.6) is 0 Å². The number of piperazine rings is 1. The van der Waals surface area contributed by atoms with Crippen LogP contribution in [0.25, 0.3) is 0 Å². The van der Waals surface area contributed by atoms with Gasteiger partial charge in [-0.1, -0.05) is 23.4 Å². The molecule has 27 heavy (non-hydrogen) atoms. The third kappa shape index (κ3) is 4.02. The van der Waals surface area contributed by atoms with E-state index < -0.39 is 17.5 Å². The molecule has 146 valence electrons. The Morgan fingerprint density at radius 2 is 1.63 bits per heavy atom. The first-order chi connectivity index (χ1) is 13.1. The molecule has 3 rings (SSSR count). The lowest BCUT2D eigenvalue weighted by molar-refractivity contribution is -0.160. The standard InChI is InChI=1S/C18H25N5O4/c1-26-16(24)18(17(25)27-2)14-23(20-19-18)13-10-21-8-11-22(12-9-21)15-6-4-3-5-7-15/h3-7H,8-14H2,1-2H3. The molecule has 0 unspecified atom stereocenters. The number of carbonyl (C=O) groups is 2. The first kappa shape index (κ1) is 19.1. The normalized spacial score (nSPS) is 19.2. The van der Waals surface area contributed by atoms with E-state index in [2.05, 4.69) is 44.4 Å². The summed E-state index contributed by atoms with van der Waals surface area (Å²) in [6.07, 6.45) is 0. The number of benzene rings is 1. The topological polar surface area (TPSA) is 87.0 Å². The van der Waals surface area contributed by atoms with E-state index in [0.717, 1.165) is 32.7 Å². The van der Waals surface area contributed by atoms with Crippen LogP contribution in [0, 0.1) is 0 Å². The second-order valence-electron chi connectivity index (χ2n) is 6.59. The van der Waals surface area contributed by atoms with E-state index in [9.17, 15) is 9.59 Å². The van der Waals surface area contributed by atoms with Gasteiger partial charge in [0, 0.05) is 38.4 Å². The highest BCUT2D eigenvalue weighted by atomic mass is 16.5. The maximum Gasteiger partial charge on any atom is 0.349 e. The van der Waals surface area contributed by atoms with Crippen molar-refractivity contribution in [3.05, 3.63) is 30.3 Å². The molecule has 0 aromatic heterocycles. The quantitative estimate of drug-likeness (QED) is 0.531. The van der Waals surface area contributed by atoms with Gasteiger partial charge in [0.15, 0.2) is 0 Å². The fraction of sp³-hybridized carbons (Fsp3) is 0.556. The third-order valence-corrected chi connectivity index (χ3v) is 4.97. The van der Waals surface area contributed by atoms with Crippen molar-refractivity contribution in [2.75, 3.05) is 64.9 Å². The average Bonchev–Trinajstić information content (AvgIpc) is 3.17. The highest BCUT2D eigenvalue weighted by Crippen LogP contribution is 2.24. The Bertz CT molecular complexity index is 672. The maximum atomic E-state index is 12.0. The molecule has 1 aromatic carbocycles. The van der Waals surface area contributed by atoms with E-state index in [-0.39, 0.29) is 6.54 Å². The number of hydrogen-bond acceptors (Lipinski definition) is 9. The molecule has 9 heteroatoms. The molecule has 1 saturated heterocycles. The van der Waals surface area contributed by atoms with E-state index in [1.807, 2.05) is 6.07 Å². The zero-order valence-electron chi connectivity index (χ0n) is 15.7. The molecule has 0 radical (unpaired) electrons. The molecule has 1 fully saturated rings. The number of anilines is 1. The van der Waals surface area contributed by atoms with Gasteiger partial charge in [0.1, 0.15) is 0 Å². The van der Waals surface area contributed by atoms with Crippen LogP contribution in [-0.4, -0.2) is 87.4 Å². The maximum absolute atomic E-state index is 12.0. The van der Waals surface area contributed by atoms with Crippen LogP contribution in [0.2, 0.25) is 0 Å². The highest BCUT2D eigenvalue weighted by molar-refractivity contribution is 6.05. The van der Waals surface area contributed by atoms with Crippen LogP contribution in [0.1, 0.15) is 0 Å². The van der Waals surface area contributed by atoms with Gasteiger partial charge >= 0.3 is 11.9 Å². The molecule has 0 N–H and O–H groups in total. The van der Waals surface area contributed by atoms with Crippen LogP contribution < -0.4 is 4.90 Å². The molecule has 0 amide bonds. The van der Waals surface area contributed by atoms with Crippen molar-refractivity contribution in [3.63, 3.8) is 0 Å². The van der Waals surface area contributed by atoms with E-state index in [1.54, 1.807) is 5.01 Å². The van der Waals surface area contributed by atoms with E-state index in [0.29, 0.717) is 6.54 Å². The Kier molecular flexibility index (Phi) is 5.90. The number of rotatable bonds is 6. The smallest absolute Gasteiger partial charge is 0.349 e. The molecule has 2 heterocycles. The molecule has 1 aromatic rings. The van der Waals surface area contributed by atoms with Gasteiger partial charge in [0.25, 0.3) is 5.54 Å². The van der Waals surface area contributed by atoms with Gasteiger partial charge in [0.05, 0.1) is 27.3 Å². The summed E-state index contributed by atoms with van der Waals surface area (Å²) in [6, 6.07) is 10.4. The summed E-state index contributed by atoms with van der Waals surface area (Å²) in [5.41, 5.74) is -0.471. The Morgan fingerprint density at radius 3 is 2.22 bits per heavy atom. The van der Waals surface area contributed by atoms with Crippen LogP contribution in [0.15, 0.2) is 40.7 Å². The molecule has 0 bridgehead atoms. The van der Waals surface area contributed by atoms with Crippen molar-refractivity contribution in [2.24, 2.45) is 10.3 Å². The van der Waals surface area contributed by atoms with Crippen molar-refractivity contribution in [3.8, 4) is 0 Å².